The summed E-state index contributed by atoms with van der Waals surface area (Å²) in [5.74, 6) is 0.464. The third-order valence-electron chi connectivity index (χ3n) is 6.56. The molecule has 1 atom stereocenters. The smallest absolute Gasteiger partial charge is 0.248 e. The van der Waals surface area contributed by atoms with Gasteiger partial charge in [-0.3, -0.25) is 9.69 Å². The van der Waals surface area contributed by atoms with Crippen molar-refractivity contribution >= 4 is 40.0 Å². The number of likely N-dealkylation sites (tertiary alicyclic amines) is 1. The van der Waals surface area contributed by atoms with E-state index in [-0.39, 0.29) is 11.9 Å². The van der Waals surface area contributed by atoms with Crippen LogP contribution in [0, 0.1) is 0 Å². The lowest BCUT2D eigenvalue weighted by Gasteiger charge is -2.17. The molecule has 0 radical (unpaired) electrons. The van der Waals surface area contributed by atoms with Gasteiger partial charge < -0.3 is 20.5 Å². The molecule has 0 aliphatic carbocycles. The first-order valence-electron chi connectivity index (χ1n) is 12.7. The number of para-hydroxylation sites is 1. The molecule has 196 valence electrons. The van der Waals surface area contributed by atoms with Crippen molar-refractivity contribution in [3.05, 3.63) is 83.7 Å². The molecule has 38 heavy (non-hydrogen) atoms. The highest BCUT2D eigenvalue weighted by Gasteiger charge is 2.23. The molecule has 1 unspecified atom stereocenters. The highest BCUT2D eigenvalue weighted by atomic mass is 35.5. The Hall–Kier alpha value is -3.72. The SMILES string of the molecule is CN(C)CC=CC(=O)Nc1ccc(CN2CCC(Nc3ncc(Cl)c(-c4c[nH]c5ccccc45)n3)C2)cc1. The van der Waals surface area contributed by atoms with Crippen molar-refractivity contribution in [2.24, 2.45) is 0 Å². The zero-order chi connectivity index (χ0) is 26.5. The Bertz CT molecular complexity index is 1430. The second-order valence-corrected chi connectivity index (χ2v) is 10.3. The fraction of sp³-hybridized carbons (Fsp3) is 0.276. The number of rotatable bonds is 9. The van der Waals surface area contributed by atoms with Gasteiger partial charge in [-0.05, 0) is 44.3 Å². The average molecular weight is 530 g/mol. The maximum Gasteiger partial charge on any atom is 0.248 e. The second-order valence-electron chi connectivity index (χ2n) is 9.85. The number of likely N-dealkylation sites (N-methyl/N-ethyl adjacent to an activating group) is 1. The molecular formula is C29H32ClN7O. The molecule has 4 aromatic rings. The maximum atomic E-state index is 12.1. The van der Waals surface area contributed by atoms with Crippen LogP contribution in [0.2, 0.25) is 5.02 Å². The Morgan fingerprint density at radius 2 is 2.03 bits per heavy atom. The maximum absolute atomic E-state index is 12.1. The molecule has 1 aliphatic heterocycles. The van der Waals surface area contributed by atoms with Crippen LogP contribution >= 0.6 is 11.6 Å². The number of halogens is 1. The summed E-state index contributed by atoms with van der Waals surface area (Å²) in [4.78, 5) is 29.0. The van der Waals surface area contributed by atoms with Crippen LogP contribution in [0.3, 0.4) is 0 Å². The Labute approximate surface area is 227 Å². The quantitative estimate of drug-likeness (QED) is 0.264. The number of anilines is 2. The van der Waals surface area contributed by atoms with E-state index >= 15 is 0 Å². The summed E-state index contributed by atoms with van der Waals surface area (Å²) in [7, 11) is 3.93. The Morgan fingerprint density at radius 3 is 2.84 bits per heavy atom. The Kier molecular flexibility index (Phi) is 8.03. The summed E-state index contributed by atoms with van der Waals surface area (Å²) >= 11 is 6.49. The van der Waals surface area contributed by atoms with Gasteiger partial charge in [0.2, 0.25) is 11.9 Å². The molecule has 0 bridgehead atoms. The van der Waals surface area contributed by atoms with Crippen molar-refractivity contribution in [2.75, 3.05) is 44.4 Å². The van der Waals surface area contributed by atoms with Crippen molar-refractivity contribution in [1.82, 2.24) is 24.8 Å². The minimum atomic E-state index is -0.120. The van der Waals surface area contributed by atoms with Crippen molar-refractivity contribution < 1.29 is 4.79 Å². The van der Waals surface area contributed by atoms with Crippen LogP contribution in [0.5, 0.6) is 0 Å². The van der Waals surface area contributed by atoms with E-state index in [2.05, 4.69) is 43.7 Å². The van der Waals surface area contributed by atoms with E-state index in [1.54, 1.807) is 12.3 Å². The van der Waals surface area contributed by atoms with Gasteiger partial charge >= 0.3 is 0 Å². The van der Waals surface area contributed by atoms with Gasteiger partial charge in [0.25, 0.3) is 0 Å². The normalized spacial score (nSPS) is 16.1. The number of hydrogen-bond acceptors (Lipinski definition) is 6. The molecule has 8 nitrogen and oxygen atoms in total. The molecule has 0 saturated carbocycles. The van der Waals surface area contributed by atoms with Crippen LogP contribution in [0.4, 0.5) is 11.6 Å². The monoisotopic (exact) mass is 529 g/mol. The Morgan fingerprint density at radius 1 is 1.21 bits per heavy atom. The van der Waals surface area contributed by atoms with Gasteiger partial charge in [-0.15, -0.1) is 0 Å². The van der Waals surface area contributed by atoms with E-state index in [1.165, 1.54) is 5.56 Å². The van der Waals surface area contributed by atoms with Crippen LogP contribution in [-0.2, 0) is 11.3 Å². The minimum absolute atomic E-state index is 0.120. The van der Waals surface area contributed by atoms with Crippen LogP contribution in [0.1, 0.15) is 12.0 Å². The lowest BCUT2D eigenvalue weighted by molar-refractivity contribution is -0.111. The number of nitrogens with zero attached hydrogens (tertiary/aromatic N) is 4. The predicted molar refractivity (Wildman–Crippen MR) is 154 cm³/mol. The van der Waals surface area contributed by atoms with E-state index in [0.29, 0.717) is 11.0 Å². The van der Waals surface area contributed by atoms with Crippen molar-refractivity contribution in [1.29, 1.82) is 0 Å². The van der Waals surface area contributed by atoms with Gasteiger partial charge in [-0.25, -0.2) is 9.97 Å². The van der Waals surface area contributed by atoms with Crippen molar-refractivity contribution in [2.45, 2.75) is 19.0 Å². The molecule has 0 spiro atoms. The standard InChI is InChI=1S/C29H32ClN7O/c1-36(2)14-5-8-27(38)33-21-11-9-20(10-12-21)18-37-15-13-22(19-37)34-29-32-17-25(30)28(35-29)24-16-31-26-7-4-3-6-23(24)26/h3-12,16-17,22,31H,13-15,18-19H2,1-2H3,(H,33,38)(H,32,34,35). The summed E-state index contributed by atoms with van der Waals surface area (Å²) in [6.45, 7) is 3.45. The van der Waals surface area contributed by atoms with Crippen molar-refractivity contribution in [3.8, 4) is 11.3 Å². The largest absolute Gasteiger partial charge is 0.360 e. The van der Waals surface area contributed by atoms with E-state index in [1.807, 2.05) is 61.6 Å². The number of fused-ring (bicyclic) bond motifs is 1. The predicted octanol–water partition coefficient (Wildman–Crippen LogP) is 5.02. The number of hydrogen-bond donors (Lipinski definition) is 3. The number of carbonyl (C=O) groups is 1. The van der Waals surface area contributed by atoms with E-state index in [0.717, 1.165) is 60.4 Å². The summed E-state index contributed by atoms with van der Waals surface area (Å²) in [6, 6.07) is 16.4. The van der Waals surface area contributed by atoms with Crippen LogP contribution in [0.25, 0.3) is 22.2 Å². The Balaban J connectivity index is 1.16. The second kappa shape index (κ2) is 11.8. The number of nitrogens with one attached hydrogen (secondary N) is 3. The first kappa shape index (κ1) is 25.9. The van der Waals surface area contributed by atoms with Gasteiger partial charge in [-0.1, -0.05) is 48.0 Å². The molecular weight excluding hydrogens is 498 g/mol. The van der Waals surface area contributed by atoms with Gasteiger partial charge in [0.1, 0.15) is 0 Å². The first-order valence-corrected chi connectivity index (χ1v) is 13.1. The summed E-state index contributed by atoms with van der Waals surface area (Å²) in [6.07, 6.45) is 8.03. The molecule has 2 aromatic carbocycles. The van der Waals surface area contributed by atoms with Crippen LogP contribution in [0.15, 0.2) is 73.1 Å². The highest BCUT2D eigenvalue weighted by molar-refractivity contribution is 6.33. The zero-order valence-electron chi connectivity index (χ0n) is 21.6. The molecule has 1 aliphatic rings. The molecule has 3 heterocycles. The molecule has 9 heteroatoms. The summed E-state index contributed by atoms with van der Waals surface area (Å²) < 4.78 is 0. The fourth-order valence-corrected chi connectivity index (χ4v) is 4.87. The van der Waals surface area contributed by atoms with Gasteiger partial charge in [-0.2, -0.15) is 0 Å². The summed E-state index contributed by atoms with van der Waals surface area (Å²) in [5, 5.41) is 8.01. The van der Waals surface area contributed by atoms with Gasteiger partial charge in [0.05, 0.1) is 16.9 Å². The van der Waals surface area contributed by atoms with Gasteiger partial charge in [0, 0.05) is 66.6 Å². The fourth-order valence-electron chi connectivity index (χ4n) is 4.68. The lowest BCUT2D eigenvalue weighted by atomic mass is 10.1. The van der Waals surface area contributed by atoms with E-state index in [4.69, 9.17) is 16.6 Å². The zero-order valence-corrected chi connectivity index (χ0v) is 22.4. The van der Waals surface area contributed by atoms with E-state index in [9.17, 15) is 4.79 Å². The average Bonchev–Trinajstić information content (AvgIpc) is 3.53. The molecule has 1 fully saturated rings. The molecule has 1 saturated heterocycles. The lowest BCUT2D eigenvalue weighted by Crippen LogP contribution is -2.26. The van der Waals surface area contributed by atoms with E-state index < -0.39 is 0 Å². The number of carbonyl (C=O) groups excluding carboxylic acids is 1. The topological polar surface area (TPSA) is 89.2 Å². The summed E-state index contributed by atoms with van der Waals surface area (Å²) in [5.41, 5.74) is 4.73. The molecule has 2 aromatic heterocycles. The third kappa shape index (κ3) is 6.39. The third-order valence-corrected chi connectivity index (χ3v) is 6.84. The number of H-pyrrole nitrogens is 1. The number of aromatic nitrogens is 3. The number of benzene rings is 2. The first-order chi connectivity index (χ1) is 18.4. The number of amides is 1. The number of aromatic amines is 1. The molecule has 3 N–H and O–H groups in total. The van der Waals surface area contributed by atoms with Crippen LogP contribution < -0.4 is 10.6 Å². The van der Waals surface area contributed by atoms with Gasteiger partial charge in [0.15, 0.2) is 0 Å². The molecule has 5 rings (SSSR count). The van der Waals surface area contributed by atoms with Crippen molar-refractivity contribution in [3.63, 3.8) is 0 Å². The molecule has 1 amide bonds. The highest BCUT2D eigenvalue weighted by Crippen LogP contribution is 2.32. The minimum Gasteiger partial charge on any atom is -0.360 e. The van der Waals surface area contributed by atoms with Crippen LogP contribution in [-0.4, -0.2) is 70.4 Å².